The van der Waals surface area contributed by atoms with E-state index in [9.17, 15) is 0 Å². The van der Waals surface area contributed by atoms with E-state index in [-0.39, 0.29) is 0 Å². The number of hydrogen-bond acceptors (Lipinski definition) is 2. The molecule has 0 saturated heterocycles. The van der Waals surface area contributed by atoms with E-state index in [0.717, 1.165) is 5.71 Å². The quantitative estimate of drug-likeness (QED) is 0.478. The maximum Gasteiger partial charge on any atom is 0.0536 e. The Morgan fingerprint density at radius 2 is 2.14 bits per heavy atom. The van der Waals surface area contributed by atoms with Crippen LogP contribution >= 0.6 is 0 Å². The molecule has 0 aliphatic rings. The lowest BCUT2D eigenvalue weighted by Gasteiger charge is -1.91. The number of hydrogen-bond donors (Lipinski definition) is 1. The summed E-state index contributed by atoms with van der Waals surface area (Å²) in [5.41, 5.74) is 6.57. The van der Waals surface area contributed by atoms with Crippen LogP contribution in [0.25, 0.3) is 0 Å². The van der Waals surface area contributed by atoms with Crippen LogP contribution in [0.1, 0.15) is 6.92 Å². The van der Waals surface area contributed by atoms with Crippen LogP contribution in [-0.2, 0) is 0 Å². The summed E-state index contributed by atoms with van der Waals surface area (Å²) in [6.07, 6.45) is 0. The number of nitrogens with two attached hydrogens (primary N) is 1. The first-order valence-corrected chi connectivity index (χ1v) is 2.06. The summed E-state index contributed by atoms with van der Waals surface area (Å²) in [5.74, 6) is 0. The third kappa shape index (κ3) is 1.98. The fourth-order valence-electron chi connectivity index (χ4n) is 0.144. The Morgan fingerprint density at radius 1 is 1.71 bits per heavy atom. The maximum atomic E-state index is 5.22. The molecule has 0 fully saturated rings. The molecule has 0 aliphatic heterocycles. The van der Waals surface area contributed by atoms with Crippen LogP contribution in [-0.4, -0.2) is 12.8 Å². The van der Waals surface area contributed by atoms with Crippen molar-refractivity contribution in [2.24, 2.45) is 10.7 Å². The van der Waals surface area contributed by atoms with Crippen molar-refractivity contribution < 1.29 is 0 Å². The second-order valence-electron chi connectivity index (χ2n) is 1.33. The molecule has 0 heterocycles. The van der Waals surface area contributed by atoms with Gasteiger partial charge in [-0.25, -0.2) is 0 Å². The highest BCUT2D eigenvalue weighted by molar-refractivity contribution is 5.96. The molecule has 0 atom stereocenters. The van der Waals surface area contributed by atoms with Gasteiger partial charge in [0.2, 0.25) is 0 Å². The fraction of sp³-hybridized carbons (Fsp3) is 0.400. The third-order valence-electron chi connectivity index (χ3n) is 0.800. The van der Waals surface area contributed by atoms with Gasteiger partial charge in [0.05, 0.1) is 5.71 Å². The van der Waals surface area contributed by atoms with E-state index in [1.54, 1.807) is 7.05 Å². The van der Waals surface area contributed by atoms with E-state index < -0.39 is 0 Å². The second-order valence-corrected chi connectivity index (χ2v) is 1.33. The molecular formula is C5H10N2. The Hall–Kier alpha value is -0.790. The Kier molecular flexibility index (Phi) is 2.12. The molecule has 7 heavy (non-hydrogen) atoms. The average molecular weight is 98.1 g/mol. The van der Waals surface area contributed by atoms with Crippen molar-refractivity contribution in [2.45, 2.75) is 6.92 Å². The second kappa shape index (κ2) is 2.39. The van der Waals surface area contributed by atoms with Gasteiger partial charge in [0.15, 0.2) is 0 Å². The van der Waals surface area contributed by atoms with Gasteiger partial charge in [-0.1, -0.05) is 6.58 Å². The highest BCUT2D eigenvalue weighted by Crippen LogP contribution is 1.80. The van der Waals surface area contributed by atoms with E-state index in [2.05, 4.69) is 11.6 Å². The van der Waals surface area contributed by atoms with Gasteiger partial charge in [-0.05, 0) is 6.92 Å². The highest BCUT2D eigenvalue weighted by atomic mass is 14.7. The average Bonchev–Trinajstić information content (AvgIpc) is 1.65. The number of nitrogens with zero attached hydrogens (tertiary/aromatic N) is 1. The van der Waals surface area contributed by atoms with Crippen molar-refractivity contribution >= 4 is 5.71 Å². The van der Waals surface area contributed by atoms with Crippen LogP contribution in [0.4, 0.5) is 0 Å². The highest BCUT2D eigenvalue weighted by Gasteiger charge is 1.84. The molecule has 0 bridgehead atoms. The predicted octanol–water partition coefficient (Wildman–Crippen LogP) is 0.550. The summed E-state index contributed by atoms with van der Waals surface area (Å²) in [6, 6.07) is 0. The molecule has 0 aromatic rings. The van der Waals surface area contributed by atoms with Gasteiger partial charge < -0.3 is 5.73 Å². The molecule has 2 heteroatoms. The molecule has 0 amide bonds. The van der Waals surface area contributed by atoms with E-state index in [4.69, 9.17) is 5.73 Å². The molecule has 0 spiro atoms. The lowest BCUT2D eigenvalue weighted by molar-refractivity contribution is 1.37. The van der Waals surface area contributed by atoms with E-state index in [0.29, 0.717) is 5.70 Å². The van der Waals surface area contributed by atoms with Gasteiger partial charge >= 0.3 is 0 Å². The Labute approximate surface area is 43.7 Å². The molecule has 2 N–H and O–H groups in total. The van der Waals surface area contributed by atoms with Crippen molar-refractivity contribution in [1.29, 1.82) is 0 Å². The predicted molar refractivity (Wildman–Crippen MR) is 32.4 cm³/mol. The summed E-state index contributed by atoms with van der Waals surface area (Å²) >= 11 is 0. The van der Waals surface area contributed by atoms with Crippen molar-refractivity contribution in [3.05, 3.63) is 12.3 Å². The maximum absolute atomic E-state index is 5.22. The largest absolute Gasteiger partial charge is 0.398 e. The normalized spacial score (nSPS) is 11.4. The molecular weight excluding hydrogens is 88.1 g/mol. The molecule has 2 nitrogen and oxygen atoms in total. The minimum atomic E-state index is 0.544. The topological polar surface area (TPSA) is 38.4 Å². The van der Waals surface area contributed by atoms with Crippen LogP contribution < -0.4 is 5.73 Å². The molecule has 0 radical (unpaired) electrons. The summed E-state index contributed by atoms with van der Waals surface area (Å²) < 4.78 is 0. The molecule has 0 aromatic carbocycles. The zero-order valence-corrected chi connectivity index (χ0v) is 4.73. The smallest absolute Gasteiger partial charge is 0.0536 e. The monoisotopic (exact) mass is 98.1 g/mol. The molecule has 0 saturated carbocycles. The van der Waals surface area contributed by atoms with Crippen molar-refractivity contribution in [3.8, 4) is 0 Å². The third-order valence-corrected chi connectivity index (χ3v) is 0.800. The first-order chi connectivity index (χ1) is 3.18. The lowest BCUT2D eigenvalue weighted by Crippen LogP contribution is -2.04. The Bertz CT molecular complexity index is 103. The van der Waals surface area contributed by atoms with Gasteiger partial charge in [-0.2, -0.15) is 0 Å². The summed E-state index contributed by atoms with van der Waals surface area (Å²) in [4.78, 5) is 3.78. The zero-order valence-electron chi connectivity index (χ0n) is 4.73. The summed E-state index contributed by atoms with van der Waals surface area (Å²) in [7, 11) is 1.69. The van der Waals surface area contributed by atoms with Gasteiger partial charge in [0.1, 0.15) is 0 Å². The van der Waals surface area contributed by atoms with Gasteiger partial charge in [-0.3, -0.25) is 4.99 Å². The van der Waals surface area contributed by atoms with Crippen LogP contribution in [0, 0.1) is 0 Å². The minimum absolute atomic E-state index is 0.544. The number of rotatable bonds is 1. The summed E-state index contributed by atoms with van der Waals surface area (Å²) in [5, 5.41) is 0. The van der Waals surface area contributed by atoms with E-state index in [1.807, 2.05) is 6.92 Å². The van der Waals surface area contributed by atoms with Gasteiger partial charge in [0, 0.05) is 12.7 Å². The molecule has 0 aromatic heterocycles. The van der Waals surface area contributed by atoms with Crippen molar-refractivity contribution in [2.75, 3.05) is 7.05 Å². The SMILES string of the molecule is C=C(N)C(C)=NC. The Morgan fingerprint density at radius 3 is 2.14 bits per heavy atom. The Balaban J connectivity index is 3.82. The lowest BCUT2D eigenvalue weighted by atomic mass is 10.3. The molecule has 40 valence electrons. The minimum Gasteiger partial charge on any atom is -0.398 e. The van der Waals surface area contributed by atoms with Crippen LogP contribution in [0.2, 0.25) is 0 Å². The first-order valence-electron chi connectivity index (χ1n) is 2.06. The van der Waals surface area contributed by atoms with Crippen LogP contribution in [0.5, 0.6) is 0 Å². The van der Waals surface area contributed by atoms with Crippen molar-refractivity contribution in [3.63, 3.8) is 0 Å². The van der Waals surface area contributed by atoms with Crippen LogP contribution in [0.3, 0.4) is 0 Å². The summed E-state index contributed by atoms with van der Waals surface area (Å²) in [6.45, 7) is 5.29. The van der Waals surface area contributed by atoms with Gasteiger partial charge in [0.25, 0.3) is 0 Å². The van der Waals surface area contributed by atoms with E-state index >= 15 is 0 Å². The van der Waals surface area contributed by atoms with E-state index in [1.165, 1.54) is 0 Å². The van der Waals surface area contributed by atoms with Gasteiger partial charge in [-0.15, -0.1) is 0 Å². The molecule has 0 unspecified atom stereocenters. The first kappa shape index (κ1) is 6.21. The fourth-order valence-corrected chi connectivity index (χ4v) is 0.144. The number of aliphatic imine (C=N–C) groups is 1. The van der Waals surface area contributed by atoms with Crippen molar-refractivity contribution in [1.82, 2.24) is 0 Å². The standard InChI is InChI=1S/C5H10N2/c1-4(6)5(2)7-3/h1,6H2,2-3H3. The molecule has 0 rings (SSSR count). The zero-order chi connectivity index (χ0) is 5.86. The molecule has 0 aliphatic carbocycles. The van der Waals surface area contributed by atoms with Crippen LogP contribution in [0.15, 0.2) is 17.3 Å². The number of allylic oxidation sites excluding steroid dienone is 1.